The van der Waals surface area contributed by atoms with E-state index in [2.05, 4.69) is 31.5 Å². The minimum atomic E-state index is 0.0954. The lowest BCUT2D eigenvalue weighted by Gasteiger charge is -2.61. The van der Waals surface area contributed by atoms with Crippen LogP contribution in [0.15, 0.2) is 24.9 Å². The van der Waals surface area contributed by atoms with E-state index >= 15 is 0 Å². The highest BCUT2D eigenvalue weighted by molar-refractivity contribution is 5.29. The Morgan fingerprint density at radius 2 is 2.36 bits per heavy atom. The zero-order valence-electron chi connectivity index (χ0n) is 8.84. The largest absolute Gasteiger partial charge is 0.316 e. The Morgan fingerprint density at radius 3 is 2.86 bits per heavy atom. The van der Waals surface area contributed by atoms with Crippen molar-refractivity contribution in [2.75, 3.05) is 19.6 Å². The van der Waals surface area contributed by atoms with Crippen molar-refractivity contribution in [1.82, 2.24) is 10.3 Å². The van der Waals surface area contributed by atoms with E-state index in [-0.39, 0.29) is 10.8 Å². The second kappa shape index (κ2) is 2.84. The van der Waals surface area contributed by atoms with E-state index in [4.69, 9.17) is 5.84 Å². The summed E-state index contributed by atoms with van der Waals surface area (Å²) in [6, 6.07) is 0. The van der Waals surface area contributed by atoms with Crippen molar-refractivity contribution in [2.45, 2.75) is 13.3 Å². The number of rotatable bonds is 1. The van der Waals surface area contributed by atoms with Crippen molar-refractivity contribution in [3.63, 3.8) is 0 Å². The van der Waals surface area contributed by atoms with Crippen LogP contribution in [0.4, 0.5) is 0 Å². The molecule has 0 saturated carbocycles. The van der Waals surface area contributed by atoms with Crippen molar-refractivity contribution in [2.24, 2.45) is 16.7 Å². The summed E-state index contributed by atoms with van der Waals surface area (Å²) < 4.78 is 0. The lowest BCUT2D eigenvalue weighted by atomic mass is 9.55. The normalized spacial score (nSPS) is 42.4. The molecule has 1 spiro atoms. The number of nitrogens with two attached hydrogens (primary N) is 1. The maximum atomic E-state index is 5.78. The topological polar surface area (TPSA) is 41.3 Å². The first-order valence-corrected chi connectivity index (χ1v) is 5.12. The molecule has 2 saturated heterocycles. The van der Waals surface area contributed by atoms with Gasteiger partial charge in [0, 0.05) is 29.6 Å². The zero-order chi connectivity index (χ0) is 10.4. The quantitative estimate of drug-likeness (QED) is 0.479. The van der Waals surface area contributed by atoms with Gasteiger partial charge in [0.05, 0.1) is 0 Å². The first-order chi connectivity index (χ1) is 6.56. The SMILES string of the molecule is C=CC1(C)CNCCC12CN(N)C2=C. The van der Waals surface area contributed by atoms with E-state index in [1.807, 2.05) is 0 Å². The fraction of sp³-hybridized carbons (Fsp3) is 0.636. The molecule has 78 valence electrons. The van der Waals surface area contributed by atoms with Crippen LogP contribution in [0.25, 0.3) is 0 Å². The van der Waals surface area contributed by atoms with E-state index in [1.54, 1.807) is 5.01 Å². The third-order valence-corrected chi connectivity index (χ3v) is 4.10. The van der Waals surface area contributed by atoms with Gasteiger partial charge in [0.2, 0.25) is 0 Å². The van der Waals surface area contributed by atoms with Crippen LogP contribution in [0, 0.1) is 10.8 Å². The van der Waals surface area contributed by atoms with Crippen molar-refractivity contribution in [1.29, 1.82) is 0 Å². The molecule has 14 heavy (non-hydrogen) atoms. The molecule has 0 aromatic heterocycles. The van der Waals surface area contributed by atoms with Gasteiger partial charge in [-0.3, -0.25) is 0 Å². The molecule has 0 radical (unpaired) electrons. The van der Waals surface area contributed by atoms with Crippen molar-refractivity contribution in [3.05, 3.63) is 24.9 Å². The van der Waals surface area contributed by atoms with E-state index in [0.717, 1.165) is 31.8 Å². The van der Waals surface area contributed by atoms with Crippen LogP contribution in [0.3, 0.4) is 0 Å². The summed E-state index contributed by atoms with van der Waals surface area (Å²) >= 11 is 0. The molecule has 0 aliphatic carbocycles. The number of piperidine rings is 1. The number of nitrogens with zero attached hydrogens (tertiary/aromatic N) is 1. The Labute approximate surface area is 85.6 Å². The molecule has 2 atom stereocenters. The Balaban J connectivity index is 2.32. The first kappa shape index (κ1) is 9.74. The summed E-state index contributed by atoms with van der Waals surface area (Å²) in [6.45, 7) is 13.2. The van der Waals surface area contributed by atoms with Gasteiger partial charge in [-0.1, -0.05) is 19.6 Å². The fourth-order valence-electron chi connectivity index (χ4n) is 2.77. The molecule has 0 aromatic rings. The third kappa shape index (κ3) is 0.940. The molecule has 0 bridgehead atoms. The molecular formula is C11H19N3. The average Bonchev–Trinajstić information content (AvgIpc) is 2.21. The molecule has 0 amide bonds. The van der Waals surface area contributed by atoms with Gasteiger partial charge in [-0.2, -0.15) is 0 Å². The van der Waals surface area contributed by atoms with Gasteiger partial charge in [-0.05, 0) is 13.0 Å². The molecule has 2 unspecified atom stereocenters. The first-order valence-electron chi connectivity index (χ1n) is 5.12. The summed E-state index contributed by atoms with van der Waals surface area (Å²) in [6.07, 6.45) is 3.17. The number of nitrogens with one attached hydrogen (secondary N) is 1. The van der Waals surface area contributed by atoms with Crippen molar-refractivity contribution in [3.8, 4) is 0 Å². The van der Waals surface area contributed by atoms with Crippen molar-refractivity contribution >= 4 is 0 Å². The Morgan fingerprint density at radius 1 is 1.64 bits per heavy atom. The van der Waals surface area contributed by atoms with E-state index < -0.39 is 0 Å². The van der Waals surface area contributed by atoms with Gasteiger partial charge in [0.15, 0.2) is 0 Å². The predicted octanol–water partition coefficient (Wildman–Crippen LogP) is 0.861. The molecule has 3 heteroatoms. The highest BCUT2D eigenvalue weighted by atomic mass is 15.5. The summed E-state index contributed by atoms with van der Waals surface area (Å²) in [5.74, 6) is 5.78. The number of hydrogen-bond acceptors (Lipinski definition) is 3. The maximum Gasteiger partial charge on any atom is 0.0459 e. The summed E-state index contributed by atoms with van der Waals surface area (Å²) in [4.78, 5) is 0. The Kier molecular flexibility index (Phi) is 1.98. The second-order valence-corrected chi connectivity index (χ2v) is 4.71. The minimum absolute atomic E-state index is 0.0954. The maximum absolute atomic E-state index is 5.78. The van der Waals surface area contributed by atoms with Crippen LogP contribution < -0.4 is 11.2 Å². The predicted molar refractivity (Wildman–Crippen MR) is 58.3 cm³/mol. The van der Waals surface area contributed by atoms with Crippen LogP contribution in [0.1, 0.15) is 13.3 Å². The Bertz CT molecular complexity index is 282. The monoisotopic (exact) mass is 193 g/mol. The molecule has 3 nitrogen and oxygen atoms in total. The lowest BCUT2D eigenvalue weighted by molar-refractivity contribution is -0.0378. The van der Waals surface area contributed by atoms with Crippen LogP contribution >= 0.6 is 0 Å². The van der Waals surface area contributed by atoms with Gasteiger partial charge in [-0.15, -0.1) is 6.58 Å². The molecule has 2 aliphatic heterocycles. The minimum Gasteiger partial charge on any atom is -0.316 e. The summed E-state index contributed by atoms with van der Waals surface area (Å²) in [7, 11) is 0. The number of hydrazine groups is 1. The van der Waals surface area contributed by atoms with Gasteiger partial charge in [0.1, 0.15) is 0 Å². The highest BCUT2D eigenvalue weighted by Crippen LogP contribution is 2.55. The van der Waals surface area contributed by atoms with E-state index in [1.165, 1.54) is 0 Å². The molecule has 2 aliphatic rings. The molecule has 2 rings (SSSR count). The van der Waals surface area contributed by atoms with Crippen molar-refractivity contribution < 1.29 is 0 Å². The standard InChI is InChI=1S/C11H19N3/c1-4-10(3)7-13-6-5-11(10)8-14(12)9(11)2/h4,13H,1-2,5-8,12H2,3H3. The van der Waals surface area contributed by atoms with Gasteiger partial charge in [0.25, 0.3) is 0 Å². The average molecular weight is 193 g/mol. The smallest absolute Gasteiger partial charge is 0.0459 e. The molecule has 3 N–H and O–H groups in total. The molecular weight excluding hydrogens is 174 g/mol. The van der Waals surface area contributed by atoms with Gasteiger partial charge < -0.3 is 10.3 Å². The summed E-state index contributed by atoms with van der Waals surface area (Å²) in [5, 5.41) is 5.17. The lowest BCUT2D eigenvalue weighted by Crippen LogP contribution is -2.67. The highest BCUT2D eigenvalue weighted by Gasteiger charge is 2.57. The van der Waals surface area contributed by atoms with Crippen LogP contribution in [0.5, 0.6) is 0 Å². The van der Waals surface area contributed by atoms with Gasteiger partial charge >= 0.3 is 0 Å². The fourth-order valence-corrected chi connectivity index (χ4v) is 2.77. The summed E-state index contributed by atoms with van der Waals surface area (Å²) in [5.41, 5.74) is 1.33. The second-order valence-electron chi connectivity index (χ2n) is 4.71. The Hall–Kier alpha value is -0.800. The molecule has 0 aromatic carbocycles. The van der Waals surface area contributed by atoms with Crippen LogP contribution in [-0.2, 0) is 0 Å². The van der Waals surface area contributed by atoms with Crippen LogP contribution in [-0.4, -0.2) is 24.6 Å². The number of hydrogen-bond donors (Lipinski definition) is 2. The van der Waals surface area contributed by atoms with E-state index in [0.29, 0.717) is 0 Å². The van der Waals surface area contributed by atoms with E-state index in [9.17, 15) is 0 Å². The third-order valence-electron chi connectivity index (χ3n) is 4.10. The van der Waals surface area contributed by atoms with Gasteiger partial charge in [-0.25, -0.2) is 5.84 Å². The molecule has 2 fully saturated rings. The molecule has 2 heterocycles. The van der Waals surface area contributed by atoms with Crippen LogP contribution in [0.2, 0.25) is 0 Å². The zero-order valence-corrected chi connectivity index (χ0v) is 8.84.